The van der Waals surface area contributed by atoms with E-state index in [1.807, 2.05) is 0 Å². The van der Waals surface area contributed by atoms with Gasteiger partial charge in [-0.15, -0.1) is 0 Å². The average molecular weight is 114 g/mol. The molecule has 0 spiro atoms. The number of fused-ring (bicyclic) bond motifs is 1. The first-order chi connectivity index (χ1) is 3.73. The van der Waals surface area contributed by atoms with Gasteiger partial charge in [-0.3, -0.25) is 0 Å². The molecular formula is C6H10O2. The summed E-state index contributed by atoms with van der Waals surface area (Å²) in [4.78, 5) is 0. The fourth-order valence-corrected chi connectivity index (χ4v) is 1.70. The van der Waals surface area contributed by atoms with E-state index in [0.717, 1.165) is 19.3 Å². The van der Waals surface area contributed by atoms with E-state index in [0.29, 0.717) is 5.92 Å². The Morgan fingerprint density at radius 1 is 1.38 bits per heavy atom. The van der Waals surface area contributed by atoms with Gasteiger partial charge in [-0.1, -0.05) is 0 Å². The van der Waals surface area contributed by atoms with Crippen LogP contribution in [0.2, 0.25) is 0 Å². The van der Waals surface area contributed by atoms with Crippen LogP contribution in [0.4, 0.5) is 0 Å². The zero-order valence-corrected chi connectivity index (χ0v) is 4.67. The van der Waals surface area contributed by atoms with Crippen LogP contribution in [-0.2, 0) is 0 Å². The monoisotopic (exact) mass is 114 g/mol. The summed E-state index contributed by atoms with van der Waals surface area (Å²) in [6, 6.07) is 0. The van der Waals surface area contributed by atoms with Gasteiger partial charge < -0.3 is 10.2 Å². The van der Waals surface area contributed by atoms with Crippen molar-refractivity contribution in [3.05, 3.63) is 0 Å². The minimum Gasteiger partial charge on any atom is -0.390 e. The van der Waals surface area contributed by atoms with Crippen LogP contribution in [0.5, 0.6) is 0 Å². The quantitative estimate of drug-likeness (QED) is 0.461. The standard InChI is InChI=1S/C6H10O2/c7-5-2-1-4-3-6(4,5)8/h4-5,7-8H,1-3H2. The normalized spacial score (nSPS) is 60.8. The highest BCUT2D eigenvalue weighted by Crippen LogP contribution is 2.55. The van der Waals surface area contributed by atoms with Crippen LogP contribution in [-0.4, -0.2) is 21.9 Å². The van der Waals surface area contributed by atoms with Gasteiger partial charge in [0.25, 0.3) is 0 Å². The smallest absolute Gasteiger partial charge is 0.0938 e. The highest BCUT2D eigenvalue weighted by Gasteiger charge is 2.61. The molecule has 0 aromatic heterocycles. The molecule has 0 amide bonds. The minimum absolute atomic E-state index is 0.410. The first-order valence-electron chi connectivity index (χ1n) is 3.14. The van der Waals surface area contributed by atoms with Crippen molar-refractivity contribution in [3.63, 3.8) is 0 Å². The third-order valence-electron chi connectivity index (χ3n) is 2.49. The molecule has 3 atom stereocenters. The summed E-state index contributed by atoms with van der Waals surface area (Å²) >= 11 is 0. The average Bonchev–Trinajstić information content (AvgIpc) is 2.31. The Hall–Kier alpha value is -0.0800. The Morgan fingerprint density at radius 3 is 2.25 bits per heavy atom. The van der Waals surface area contributed by atoms with Crippen LogP contribution in [0, 0.1) is 5.92 Å². The molecule has 2 nitrogen and oxygen atoms in total. The van der Waals surface area contributed by atoms with Crippen LogP contribution in [0.1, 0.15) is 19.3 Å². The van der Waals surface area contributed by atoms with Gasteiger partial charge in [0.2, 0.25) is 0 Å². The summed E-state index contributed by atoms with van der Waals surface area (Å²) < 4.78 is 0. The topological polar surface area (TPSA) is 40.5 Å². The third-order valence-corrected chi connectivity index (χ3v) is 2.49. The maximum Gasteiger partial charge on any atom is 0.0938 e. The third kappa shape index (κ3) is 0.361. The van der Waals surface area contributed by atoms with Crippen LogP contribution in [0.15, 0.2) is 0 Å². The van der Waals surface area contributed by atoms with Crippen molar-refractivity contribution in [2.75, 3.05) is 0 Å². The molecule has 46 valence electrons. The fraction of sp³-hybridized carbons (Fsp3) is 1.00. The molecule has 2 saturated carbocycles. The van der Waals surface area contributed by atoms with Gasteiger partial charge in [0.05, 0.1) is 11.7 Å². The number of hydrogen-bond acceptors (Lipinski definition) is 2. The lowest BCUT2D eigenvalue weighted by Crippen LogP contribution is -2.24. The predicted molar refractivity (Wildman–Crippen MR) is 28.3 cm³/mol. The Bertz CT molecular complexity index is 122. The molecule has 0 heterocycles. The largest absolute Gasteiger partial charge is 0.390 e. The fourth-order valence-electron chi connectivity index (χ4n) is 1.70. The first kappa shape index (κ1) is 4.77. The summed E-state index contributed by atoms with van der Waals surface area (Å²) in [7, 11) is 0. The number of aliphatic hydroxyl groups excluding tert-OH is 1. The molecular weight excluding hydrogens is 104 g/mol. The van der Waals surface area contributed by atoms with Crippen LogP contribution < -0.4 is 0 Å². The molecule has 2 N–H and O–H groups in total. The summed E-state index contributed by atoms with van der Waals surface area (Å²) in [5.41, 5.74) is -0.625. The lowest BCUT2D eigenvalue weighted by atomic mass is 10.2. The van der Waals surface area contributed by atoms with Gasteiger partial charge >= 0.3 is 0 Å². The Balaban J connectivity index is 2.19. The van der Waals surface area contributed by atoms with E-state index in [-0.39, 0.29) is 0 Å². The molecule has 0 aromatic carbocycles. The second-order valence-electron chi connectivity index (χ2n) is 2.99. The molecule has 0 bridgehead atoms. The molecule has 2 aliphatic rings. The zero-order valence-electron chi connectivity index (χ0n) is 4.67. The molecule has 2 fully saturated rings. The number of rotatable bonds is 0. The minimum atomic E-state index is -0.625. The molecule has 0 saturated heterocycles. The van der Waals surface area contributed by atoms with Gasteiger partial charge in [0.15, 0.2) is 0 Å². The Kier molecular flexibility index (Phi) is 0.649. The Labute approximate surface area is 48.1 Å². The number of aliphatic hydroxyl groups is 2. The summed E-state index contributed by atoms with van der Waals surface area (Å²) in [5, 5.41) is 18.3. The van der Waals surface area contributed by atoms with Crippen molar-refractivity contribution in [2.45, 2.75) is 31.0 Å². The van der Waals surface area contributed by atoms with E-state index in [1.54, 1.807) is 0 Å². The molecule has 8 heavy (non-hydrogen) atoms. The molecule has 0 radical (unpaired) electrons. The molecule has 3 unspecified atom stereocenters. The zero-order chi connectivity index (χ0) is 5.78. The van der Waals surface area contributed by atoms with Crippen LogP contribution >= 0.6 is 0 Å². The van der Waals surface area contributed by atoms with Crippen molar-refractivity contribution in [1.82, 2.24) is 0 Å². The lowest BCUT2D eigenvalue weighted by Gasteiger charge is -2.08. The second kappa shape index (κ2) is 1.09. The van der Waals surface area contributed by atoms with E-state index >= 15 is 0 Å². The number of hydrogen-bond donors (Lipinski definition) is 2. The van der Waals surface area contributed by atoms with E-state index < -0.39 is 11.7 Å². The second-order valence-corrected chi connectivity index (χ2v) is 2.99. The van der Waals surface area contributed by atoms with Gasteiger partial charge in [0, 0.05) is 0 Å². The van der Waals surface area contributed by atoms with Crippen molar-refractivity contribution in [3.8, 4) is 0 Å². The first-order valence-corrected chi connectivity index (χ1v) is 3.14. The van der Waals surface area contributed by atoms with Crippen LogP contribution in [0.3, 0.4) is 0 Å². The maximum absolute atomic E-state index is 9.29. The summed E-state index contributed by atoms with van der Waals surface area (Å²) in [6.45, 7) is 0. The Morgan fingerprint density at radius 2 is 2.12 bits per heavy atom. The predicted octanol–water partition coefficient (Wildman–Crippen LogP) is -0.108. The van der Waals surface area contributed by atoms with Gasteiger partial charge in [-0.25, -0.2) is 0 Å². The van der Waals surface area contributed by atoms with Crippen molar-refractivity contribution >= 4 is 0 Å². The van der Waals surface area contributed by atoms with Crippen molar-refractivity contribution in [2.24, 2.45) is 5.92 Å². The molecule has 2 rings (SSSR count). The highest BCUT2D eigenvalue weighted by atomic mass is 16.3. The summed E-state index contributed by atoms with van der Waals surface area (Å²) in [5.74, 6) is 0.442. The summed E-state index contributed by atoms with van der Waals surface area (Å²) in [6.07, 6.45) is 2.26. The highest BCUT2D eigenvalue weighted by molar-refractivity contribution is 5.12. The lowest BCUT2D eigenvalue weighted by molar-refractivity contribution is 0.00937. The van der Waals surface area contributed by atoms with E-state index in [9.17, 15) is 5.11 Å². The molecule has 0 aromatic rings. The van der Waals surface area contributed by atoms with Gasteiger partial charge in [-0.2, -0.15) is 0 Å². The maximum atomic E-state index is 9.29. The molecule has 2 heteroatoms. The SMILES string of the molecule is OC1CCC2CC12O. The molecule has 2 aliphatic carbocycles. The molecule has 0 aliphatic heterocycles. The van der Waals surface area contributed by atoms with E-state index in [1.165, 1.54) is 0 Å². The van der Waals surface area contributed by atoms with Gasteiger partial charge in [-0.05, 0) is 25.2 Å². The van der Waals surface area contributed by atoms with Crippen molar-refractivity contribution in [1.29, 1.82) is 0 Å². The van der Waals surface area contributed by atoms with Crippen LogP contribution in [0.25, 0.3) is 0 Å². The van der Waals surface area contributed by atoms with E-state index in [4.69, 9.17) is 5.11 Å². The van der Waals surface area contributed by atoms with Gasteiger partial charge in [0.1, 0.15) is 0 Å². The van der Waals surface area contributed by atoms with E-state index in [2.05, 4.69) is 0 Å². The van der Waals surface area contributed by atoms with Crippen molar-refractivity contribution < 1.29 is 10.2 Å².